The second kappa shape index (κ2) is 8.06. The summed E-state index contributed by atoms with van der Waals surface area (Å²) in [6.07, 6.45) is 1.18. The first kappa shape index (κ1) is 15.9. The van der Waals surface area contributed by atoms with Gasteiger partial charge in [0.05, 0.1) is 0 Å². The highest BCUT2D eigenvalue weighted by Gasteiger charge is 2.24. The molecule has 1 amide bonds. The number of carboxylic acid groups (broad SMARTS) is 1. The van der Waals surface area contributed by atoms with Crippen molar-refractivity contribution in [2.24, 2.45) is 11.8 Å². The molecule has 0 bridgehead atoms. The quantitative estimate of drug-likeness (QED) is 0.675. The van der Waals surface area contributed by atoms with Crippen LogP contribution in [0.25, 0.3) is 0 Å². The zero-order valence-electron chi connectivity index (χ0n) is 11.0. The molecule has 0 aromatic rings. The van der Waals surface area contributed by atoms with Crippen LogP contribution in [0.1, 0.15) is 33.6 Å². The van der Waals surface area contributed by atoms with E-state index >= 15 is 0 Å². The van der Waals surface area contributed by atoms with Gasteiger partial charge in [0.15, 0.2) is 0 Å². The number of hydrogen-bond acceptors (Lipinski definition) is 3. The number of nitrogens with one attached hydrogen (secondary N) is 1. The number of rotatable bonds is 8. The summed E-state index contributed by atoms with van der Waals surface area (Å²) in [7, 11) is 1.50. The lowest BCUT2D eigenvalue weighted by atomic mass is 9.92. The van der Waals surface area contributed by atoms with Crippen molar-refractivity contribution in [3.63, 3.8) is 0 Å². The van der Waals surface area contributed by atoms with Crippen LogP contribution in [-0.4, -0.2) is 36.7 Å². The number of ether oxygens (including phenoxy) is 1. The van der Waals surface area contributed by atoms with Crippen LogP contribution in [0.4, 0.5) is 0 Å². The molecule has 0 saturated carbocycles. The Morgan fingerprint density at radius 3 is 2.35 bits per heavy atom. The molecule has 0 saturated heterocycles. The van der Waals surface area contributed by atoms with Crippen LogP contribution in [0.2, 0.25) is 0 Å². The predicted octanol–water partition coefficient (Wildman–Crippen LogP) is 1.27. The molecule has 5 heteroatoms. The van der Waals surface area contributed by atoms with Gasteiger partial charge in [0.2, 0.25) is 5.91 Å². The second-order valence-electron chi connectivity index (χ2n) is 4.36. The molecule has 5 nitrogen and oxygen atoms in total. The molecular weight excluding hydrogens is 222 g/mol. The van der Waals surface area contributed by atoms with Gasteiger partial charge >= 0.3 is 5.97 Å². The molecule has 0 radical (unpaired) electrons. The maximum atomic E-state index is 11.8. The first-order valence-electron chi connectivity index (χ1n) is 5.96. The van der Waals surface area contributed by atoms with Crippen LogP contribution < -0.4 is 5.32 Å². The lowest BCUT2D eigenvalue weighted by Crippen LogP contribution is -2.44. The molecule has 0 aromatic carbocycles. The Morgan fingerprint density at radius 2 is 1.94 bits per heavy atom. The van der Waals surface area contributed by atoms with Crippen molar-refractivity contribution in [1.82, 2.24) is 5.32 Å². The summed E-state index contributed by atoms with van der Waals surface area (Å²) >= 11 is 0. The van der Waals surface area contributed by atoms with Gasteiger partial charge in [0.25, 0.3) is 0 Å². The van der Waals surface area contributed by atoms with Crippen molar-refractivity contribution in [2.75, 3.05) is 13.7 Å². The fourth-order valence-corrected chi connectivity index (χ4v) is 1.41. The van der Waals surface area contributed by atoms with Gasteiger partial charge in [0, 0.05) is 26.1 Å². The summed E-state index contributed by atoms with van der Waals surface area (Å²) in [6, 6.07) is -0.867. The van der Waals surface area contributed by atoms with Crippen molar-refractivity contribution in [3.05, 3.63) is 0 Å². The van der Waals surface area contributed by atoms with Crippen LogP contribution in [-0.2, 0) is 14.3 Å². The van der Waals surface area contributed by atoms with E-state index in [0.717, 1.165) is 6.42 Å². The molecule has 0 spiro atoms. The minimum Gasteiger partial charge on any atom is -0.480 e. The van der Waals surface area contributed by atoms with Crippen molar-refractivity contribution >= 4 is 11.9 Å². The number of hydrogen-bond donors (Lipinski definition) is 2. The Balaban J connectivity index is 4.34. The number of aliphatic carboxylic acids is 1. The van der Waals surface area contributed by atoms with Gasteiger partial charge in [-0.3, -0.25) is 4.79 Å². The molecule has 0 fully saturated rings. The van der Waals surface area contributed by atoms with Gasteiger partial charge in [-0.05, 0) is 5.92 Å². The molecular formula is C12H23NO4. The van der Waals surface area contributed by atoms with Crippen molar-refractivity contribution < 1.29 is 19.4 Å². The lowest BCUT2D eigenvalue weighted by molar-refractivity contribution is -0.143. The topological polar surface area (TPSA) is 75.6 Å². The van der Waals surface area contributed by atoms with Crippen LogP contribution >= 0.6 is 0 Å². The molecule has 17 heavy (non-hydrogen) atoms. The number of amides is 1. The summed E-state index contributed by atoms with van der Waals surface area (Å²) < 4.78 is 4.82. The normalized spacial score (nSPS) is 16.0. The number of carbonyl (C=O) groups excluding carboxylic acids is 1. The SMILES string of the molecule is CCC(C)C(C)C(=O)NC(CCOC)C(=O)O. The summed E-state index contributed by atoms with van der Waals surface area (Å²) in [4.78, 5) is 22.7. The number of methoxy groups -OCH3 is 1. The van der Waals surface area contributed by atoms with Gasteiger partial charge in [-0.15, -0.1) is 0 Å². The van der Waals surface area contributed by atoms with Gasteiger partial charge in [-0.25, -0.2) is 4.79 Å². The zero-order chi connectivity index (χ0) is 13.4. The maximum Gasteiger partial charge on any atom is 0.326 e. The average molecular weight is 245 g/mol. The minimum absolute atomic E-state index is 0.176. The van der Waals surface area contributed by atoms with E-state index in [2.05, 4.69) is 5.32 Å². The molecule has 3 unspecified atom stereocenters. The molecule has 0 heterocycles. The third kappa shape index (κ3) is 5.68. The Kier molecular flexibility index (Phi) is 7.54. The third-order valence-electron chi connectivity index (χ3n) is 3.14. The largest absolute Gasteiger partial charge is 0.480 e. The van der Waals surface area contributed by atoms with E-state index in [1.807, 2.05) is 20.8 Å². The van der Waals surface area contributed by atoms with E-state index in [4.69, 9.17) is 9.84 Å². The minimum atomic E-state index is -1.02. The van der Waals surface area contributed by atoms with Crippen LogP contribution in [0, 0.1) is 11.8 Å². The summed E-state index contributed by atoms with van der Waals surface area (Å²) in [5.74, 6) is -1.16. The standard InChI is InChI=1S/C12H23NO4/c1-5-8(2)9(3)11(14)13-10(12(15)16)6-7-17-4/h8-10H,5-7H2,1-4H3,(H,13,14)(H,15,16). The van der Waals surface area contributed by atoms with Crippen LogP contribution in [0.5, 0.6) is 0 Å². The second-order valence-corrected chi connectivity index (χ2v) is 4.36. The maximum absolute atomic E-state index is 11.8. The van der Waals surface area contributed by atoms with Crippen LogP contribution in [0.15, 0.2) is 0 Å². The fourth-order valence-electron chi connectivity index (χ4n) is 1.41. The van der Waals surface area contributed by atoms with Crippen molar-refractivity contribution in [1.29, 1.82) is 0 Å². The molecule has 3 atom stereocenters. The Labute approximate surface area is 103 Å². The highest BCUT2D eigenvalue weighted by atomic mass is 16.5. The molecule has 100 valence electrons. The smallest absolute Gasteiger partial charge is 0.326 e. The molecule has 0 aliphatic heterocycles. The van der Waals surface area contributed by atoms with Gasteiger partial charge < -0.3 is 15.2 Å². The van der Waals surface area contributed by atoms with E-state index < -0.39 is 12.0 Å². The zero-order valence-corrected chi connectivity index (χ0v) is 11.0. The monoisotopic (exact) mass is 245 g/mol. The molecule has 0 aliphatic rings. The van der Waals surface area contributed by atoms with E-state index in [-0.39, 0.29) is 24.2 Å². The number of carboxylic acids is 1. The summed E-state index contributed by atoms with van der Waals surface area (Å²) in [6.45, 7) is 6.12. The Hall–Kier alpha value is -1.10. The number of carbonyl (C=O) groups is 2. The summed E-state index contributed by atoms with van der Waals surface area (Å²) in [5.41, 5.74) is 0. The summed E-state index contributed by atoms with van der Waals surface area (Å²) in [5, 5.41) is 11.5. The predicted molar refractivity (Wildman–Crippen MR) is 64.7 cm³/mol. The van der Waals surface area contributed by atoms with Crippen molar-refractivity contribution in [3.8, 4) is 0 Å². The molecule has 0 aromatic heterocycles. The van der Waals surface area contributed by atoms with E-state index in [0.29, 0.717) is 6.61 Å². The first-order valence-corrected chi connectivity index (χ1v) is 5.96. The van der Waals surface area contributed by atoms with E-state index in [9.17, 15) is 9.59 Å². The first-order chi connectivity index (χ1) is 7.93. The molecule has 0 aliphatic carbocycles. The Bertz CT molecular complexity index is 255. The van der Waals surface area contributed by atoms with Gasteiger partial charge in [-0.1, -0.05) is 27.2 Å². The van der Waals surface area contributed by atoms with Crippen LogP contribution in [0.3, 0.4) is 0 Å². The van der Waals surface area contributed by atoms with E-state index in [1.54, 1.807) is 0 Å². The molecule has 2 N–H and O–H groups in total. The fraction of sp³-hybridized carbons (Fsp3) is 0.833. The van der Waals surface area contributed by atoms with Gasteiger partial charge in [0.1, 0.15) is 6.04 Å². The highest BCUT2D eigenvalue weighted by molar-refractivity contribution is 5.84. The Morgan fingerprint density at radius 1 is 1.35 bits per heavy atom. The lowest BCUT2D eigenvalue weighted by Gasteiger charge is -2.21. The average Bonchev–Trinajstić information content (AvgIpc) is 2.31. The molecule has 0 rings (SSSR count). The highest BCUT2D eigenvalue weighted by Crippen LogP contribution is 2.14. The van der Waals surface area contributed by atoms with E-state index in [1.165, 1.54) is 7.11 Å². The van der Waals surface area contributed by atoms with Crippen molar-refractivity contribution in [2.45, 2.75) is 39.7 Å². The third-order valence-corrected chi connectivity index (χ3v) is 3.14. The van der Waals surface area contributed by atoms with Gasteiger partial charge in [-0.2, -0.15) is 0 Å².